The number of anilines is 1. The van der Waals surface area contributed by atoms with Crippen LogP contribution in [0.25, 0.3) is 10.6 Å². The summed E-state index contributed by atoms with van der Waals surface area (Å²) in [5, 5.41) is 12.2. The van der Waals surface area contributed by atoms with Crippen LogP contribution in [0.1, 0.15) is 31.7 Å². The summed E-state index contributed by atoms with van der Waals surface area (Å²) in [6.45, 7) is 2.82. The average Bonchev–Trinajstić information content (AvgIpc) is 3.32. The smallest absolute Gasteiger partial charge is 0.227 e. The summed E-state index contributed by atoms with van der Waals surface area (Å²) in [5.41, 5.74) is 1.98. The molecule has 2 aromatic carbocycles. The van der Waals surface area contributed by atoms with E-state index in [1.807, 2.05) is 55.5 Å². The van der Waals surface area contributed by atoms with E-state index in [1.165, 1.54) is 11.3 Å². The van der Waals surface area contributed by atoms with E-state index < -0.39 is 0 Å². The molecule has 0 aliphatic carbocycles. The molecular weight excluding hydrogens is 452 g/mol. The molecule has 0 fully saturated rings. The number of benzene rings is 2. The first kappa shape index (κ1) is 25.2. The lowest BCUT2D eigenvalue weighted by Gasteiger charge is -2.22. The molecule has 3 aromatic rings. The van der Waals surface area contributed by atoms with Gasteiger partial charge in [0.1, 0.15) is 5.01 Å². The molecule has 0 atom stereocenters. The van der Waals surface area contributed by atoms with Crippen LogP contribution < -0.4 is 14.8 Å². The Kier molecular flexibility index (Phi) is 9.40. The van der Waals surface area contributed by atoms with Gasteiger partial charge < -0.3 is 19.7 Å². The van der Waals surface area contributed by atoms with Crippen LogP contribution in [0.2, 0.25) is 0 Å². The van der Waals surface area contributed by atoms with Crippen LogP contribution in [0.3, 0.4) is 0 Å². The number of carbonyl (C=O) groups is 2. The second kappa shape index (κ2) is 12.7. The number of hydrogen-bond acceptors (Lipinski definition) is 7. The van der Waals surface area contributed by atoms with Crippen molar-refractivity contribution < 1.29 is 19.1 Å². The standard InChI is InChI=1S/C25H30N4O4S/c1-4-8-23(31)29(15-13-18-11-12-20(32-2)21(17-18)33-3)16-14-22(30)26-25-28-27-24(34-25)19-9-6-5-7-10-19/h5-7,9-12,17H,4,8,13-16H2,1-3H3,(H,26,28,30). The molecule has 0 radical (unpaired) electrons. The molecule has 3 rings (SSSR count). The van der Waals surface area contributed by atoms with E-state index in [2.05, 4.69) is 15.5 Å². The summed E-state index contributed by atoms with van der Waals surface area (Å²) in [5.74, 6) is 1.15. The maximum Gasteiger partial charge on any atom is 0.227 e. The minimum atomic E-state index is -0.198. The lowest BCUT2D eigenvalue weighted by molar-refractivity contribution is -0.131. The Bertz CT molecular complexity index is 1090. The van der Waals surface area contributed by atoms with Gasteiger partial charge in [-0.3, -0.25) is 9.59 Å². The van der Waals surface area contributed by atoms with Crippen molar-refractivity contribution in [1.29, 1.82) is 0 Å². The first-order chi connectivity index (χ1) is 16.5. The van der Waals surface area contributed by atoms with E-state index in [4.69, 9.17) is 9.47 Å². The highest BCUT2D eigenvalue weighted by Crippen LogP contribution is 2.28. The zero-order valence-electron chi connectivity index (χ0n) is 19.7. The summed E-state index contributed by atoms with van der Waals surface area (Å²) >= 11 is 1.32. The lowest BCUT2D eigenvalue weighted by atomic mass is 10.1. The van der Waals surface area contributed by atoms with Gasteiger partial charge in [0.05, 0.1) is 14.2 Å². The van der Waals surface area contributed by atoms with Gasteiger partial charge in [0.25, 0.3) is 0 Å². The fourth-order valence-electron chi connectivity index (χ4n) is 3.42. The number of rotatable bonds is 12. The zero-order chi connectivity index (χ0) is 24.3. The summed E-state index contributed by atoms with van der Waals surface area (Å²) < 4.78 is 10.7. The molecule has 180 valence electrons. The maximum absolute atomic E-state index is 12.6. The SMILES string of the molecule is CCCC(=O)N(CCC(=O)Nc1nnc(-c2ccccc2)s1)CCc1ccc(OC)c(OC)c1. The second-order valence-corrected chi connectivity index (χ2v) is 8.62. The summed E-state index contributed by atoms with van der Waals surface area (Å²) in [6.07, 6.45) is 2.03. The van der Waals surface area contributed by atoms with Crippen LogP contribution in [-0.4, -0.2) is 54.2 Å². The van der Waals surface area contributed by atoms with Crippen LogP contribution in [0.15, 0.2) is 48.5 Å². The summed E-state index contributed by atoms with van der Waals surface area (Å²) in [6, 6.07) is 15.4. The fourth-order valence-corrected chi connectivity index (χ4v) is 4.19. The first-order valence-electron chi connectivity index (χ1n) is 11.2. The predicted molar refractivity (Wildman–Crippen MR) is 133 cm³/mol. The van der Waals surface area contributed by atoms with Crippen molar-refractivity contribution >= 4 is 28.3 Å². The van der Waals surface area contributed by atoms with Crippen molar-refractivity contribution in [3.63, 3.8) is 0 Å². The van der Waals surface area contributed by atoms with Crippen LogP contribution in [0.4, 0.5) is 5.13 Å². The molecule has 2 amide bonds. The third-order valence-corrected chi connectivity index (χ3v) is 6.12. The van der Waals surface area contributed by atoms with Gasteiger partial charge in [-0.2, -0.15) is 0 Å². The Morgan fingerprint density at radius 3 is 2.44 bits per heavy atom. The van der Waals surface area contributed by atoms with Crippen molar-refractivity contribution in [2.75, 3.05) is 32.6 Å². The molecule has 0 aliphatic heterocycles. The van der Waals surface area contributed by atoms with Crippen molar-refractivity contribution in [3.05, 3.63) is 54.1 Å². The number of methoxy groups -OCH3 is 2. The van der Waals surface area contributed by atoms with Crippen LogP contribution in [0, 0.1) is 0 Å². The molecular formula is C25H30N4O4S. The Labute approximate surface area is 203 Å². The number of hydrogen-bond donors (Lipinski definition) is 1. The number of aromatic nitrogens is 2. The third kappa shape index (κ3) is 7.02. The van der Waals surface area contributed by atoms with E-state index in [-0.39, 0.29) is 18.2 Å². The highest BCUT2D eigenvalue weighted by atomic mass is 32.1. The van der Waals surface area contributed by atoms with Crippen molar-refractivity contribution in [2.24, 2.45) is 0 Å². The van der Waals surface area contributed by atoms with Gasteiger partial charge >= 0.3 is 0 Å². The number of carbonyl (C=O) groups excluding carboxylic acids is 2. The third-order valence-electron chi connectivity index (χ3n) is 5.24. The van der Waals surface area contributed by atoms with Gasteiger partial charge in [-0.25, -0.2) is 0 Å². The van der Waals surface area contributed by atoms with Gasteiger partial charge in [-0.1, -0.05) is 54.7 Å². The normalized spacial score (nSPS) is 10.6. The Morgan fingerprint density at radius 2 is 1.74 bits per heavy atom. The Hall–Kier alpha value is -3.46. The monoisotopic (exact) mass is 482 g/mol. The van der Waals surface area contributed by atoms with Gasteiger partial charge in [0, 0.05) is 31.5 Å². The topological polar surface area (TPSA) is 93.7 Å². The number of ether oxygens (including phenoxy) is 2. The quantitative estimate of drug-likeness (QED) is 0.411. The molecule has 0 saturated heterocycles. The van der Waals surface area contributed by atoms with Crippen molar-refractivity contribution in [2.45, 2.75) is 32.6 Å². The van der Waals surface area contributed by atoms with Crippen molar-refractivity contribution in [3.8, 4) is 22.1 Å². The largest absolute Gasteiger partial charge is 0.493 e. The van der Waals surface area contributed by atoms with Crippen LogP contribution in [-0.2, 0) is 16.0 Å². The molecule has 34 heavy (non-hydrogen) atoms. The molecule has 0 saturated carbocycles. The number of nitrogens with zero attached hydrogens (tertiary/aromatic N) is 3. The van der Waals surface area contributed by atoms with Crippen LogP contribution in [0.5, 0.6) is 11.5 Å². The van der Waals surface area contributed by atoms with E-state index >= 15 is 0 Å². The molecule has 1 heterocycles. The number of amides is 2. The molecule has 8 nitrogen and oxygen atoms in total. The molecule has 0 bridgehead atoms. The van der Waals surface area contributed by atoms with E-state index in [0.717, 1.165) is 22.6 Å². The molecule has 1 N–H and O–H groups in total. The zero-order valence-corrected chi connectivity index (χ0v) is 20.6. The average molecular weight is 483 g/mol. The first-order valence-corrected chi connectivity index (χ1v) is 12.0. The molecule has 1 aromatic heterocycles. The molecule has 0 aliphatic rings. The van der Waals surface area contributed by atoms with Crippen molar-refractivity contribution in [1.82, 2.24) is 15.1 Å². The highest BCUT2D eigenvalue weighted by Gasteiger charge is 2.16. The highest BCUT2D eigenvalue weighted by molar-refractivity contribution is 7.18. The number of nitrogens with one attached hydrogen (secondary N) is 1. The minimum absolute atomic E-state index is 0.0399. The minimum Gasteiger partial charge on any atom is -0.493 e. The fraction of sp³-hybridized carbons (Fsp3) is 0.360. The Balaban J connectivity index is 1.57. The molecule has 0 unspecified atom stereocenters. The predicted octanol–water partition coefficient (Wildman–Crippen LogP) is 4.42. The van der Waals surface area contributed by atoms with Gasteiger partial charge in [-0.15, -0.1) is 10.2 Å². The molecule has 0 spiro atoms. The summed E-state index contributed by atoms with van der Waals surface area (Å²) in [7, 11) is 3.19. The molecule has 9 heteroatoms. The second-order valence-electron chi connectivity index (χ2n) is 7.65. The van der Waals surface area contributed by atoms with Crippen LogP contribution >= 0.6 is 11.3 Å². The van der Waals surface area contributed by atoms with Gasteiger partial charge in [0.15, 0.2) is 11.5 Å². The van der Waals surface area contributed by atoms with E-state index in [9.17, 15) is 9.59 Å². The lowest BCUT2D eigenvalue weighted by Crippen LogP contribution is -2.35. The maximum atomic E-state index is 12.6. The van der Waals surface area contributed by atoms with E-state index in [1.54, 1.807) is 19.1 Å². The summed E-state index contributed by atoms with van der Waals surface area (Å²) in [4.78, 5) is 26.9. The van der Waals surface area contributed by atoms with Gasteiger partial charge in [-0.05, 0) is 30.5 Å². The van der Waals surface area contributed by atoms with E-state index in [0.29, 0.717) is 42.6 Å². The van der Waals surface area contributed by atoms with Gasteiger partial charge in [0.2, 0.25) is 16.9 Å². The Morgan fingerprint density at radius 1 is 0.971 bits per heavy atom.